The van der Waals surface area contributed by atoms with Crippen LogP contribution in [0.1, 0.15) is 21.5 Å². The molecule has 4 nitrogen and oxygen atoms in total. The molecule has 1 amide bonds. The van der Waals surface area contributed by atoms with Crippen molar-refractivity contribution in [3.05, 3.63) is 83.7 Å². The van der Waals surface area contributed by atoms with Crippen LogP contribution in [0, 0.1) is 6.92 Å². The van der Waals surface area contributed by atoms with Gasteiger partial charge in [0.05, 0.1) is 7.11 Å². The first-order chi connectivity index (χ1) is 12.1. The van der Waals surface area contributed by atoms with Crippen LogP contribution in [0.4, 0.5) is 0 Å². The van der Waals surface area contributed by atoms with Crippen molar-refractivity contribution in [2.75, 3.05) is 14.2 Å². The molecule has 0 spiro atoms. The van der Waals surface area contributed by atoms with Crippen LogP contribution in [0.15, 0.2) is 67.0 Å². The molecule has 128 valence electrons. The smallest absolute Gasteiger partial charge is 0.253 e. The monoisotopic (exact) mass is 334 g/mol. The van der Waals surface area contributed by atoms with Gasteiger partial charge in [0.1, 0.15) is 5.75 Å². The molecular weight excluding hydrogens is 312 g/mol. The van der Waals surface area contributed by atoms with E-state index in [1.54, 1.807) is 12.0 Å². The molecule has 0 aliphatic rings. The number of carbonyl (C=O) groups is 1. The summed E-state index contributed by atoms with van der Waals surface area (Å²) in [5.74, 6) is 0.788. The Balaban J connectivity index is 1.75. The van der Waals surface area contributed by atoms with Gasteiger partial charge in [-0.1, -0.05) is 17.7 Å². The fourth-order valence-corrected chi connectivity index (χ4v) is 2.86. The number of rotatable bonds is 5. The van der Waals surface area contributed by atoms with E-state index in [2.05, 4.69) is 6.07 Å². The van der Waals surface area contributed by atoms with Gasteiger partial charge >= 0.3 is 0 Å². The van der Waals surface area contributed by atoms with Gasteiger partial charge in [-0.3, -0.25) is 4.79 Å². The minimum Gasteiger partial charge on any atom is -0.496 e. The largest absolute Gasteiger partial charge is 0.496 e. The van der Waals surface area contributed by atoms with Crippen LogP contribution in [-0.4, -0.2) is 29.5 Å². The molecule has 0 aliphatic heterocycles. The van der Waals surface area contributed by atoms with Gasteiger partial charge in [0.25, 0.3) is 5.91 Å². The van der Waals surface area contributed by atoms with Crippen molar-refractivity contribution in [1.82, 2.24) is 9.47 Å². The van der Waals surface area contributed by atoms with Crippen molar-refractivity contribution in [1.29, 1.82) is 0 Å². The lowest BCUT2D eigenvalue weighted by atomic mass is 10.1. The molecule has 0 saturated heterocycles. The van der Waals surface area contributed by atoms with Crippen molar-refractivity contribution in [2.45, 2.75) is 13.5 Å². The average Bonchev–Trinajstić information content (AvgIpc) is 3.16. The maximum absolute atomic E-state index is 12.7. The molecule has 0 atom stereocenters. The van der Waals surface area contributed by atoms with E-state index >= 15 is 0 Å². The SMILES string of the molecule is COc1ccc(C)cc1CN(C)C(=O)c1ccc(-n2cccc2)cc1. The Hall–Kier alpha value is -3.01. The van der Waals surface area contributed by atoms with Crippen molar-refractivity contribution in [3.8, 4) is 11.4 Å². The number of methoxy groups -OCH3 is 1. The summed E-state index contributed by atoms with van der Waals surface area (Å²) in [4.78, 5) is 14.4. The summed E-state index contributed by atoms with van der Waals surface area (Å²) in [7, 11) is 3.46. The van der Waals surface area contributed by atoms with E-state index in [1.165, 1.54) is 0 Å². The minimum atomic E-state index is -0.0115. The summed E-state index contributed by atoms with van der Waals surface area (Å²) in [5, 5.41) is 0. The minimum absolute atomic E-state index is 0.0115. The van der Waals surface area contributed by atoms with Gasteiger partial charge < -0.3 is 14.2 Å². The second kappa shape index (κ2) is 7.26. The molecule has 0 N–H and O–H groups in total. The molecule has 0 fully saturated rings. The normalized spacial score (nSPS) is 10.5. The van der Waals surface area contributed by atoms with Crippen LogP contribution in [0.3, 0.4) is 0 Å². The topological polar surface area (TPSA) is 34.5 Å². The molecule has 3 rings (SSSR count). The first-order valence-corrected chi connectivity index (χ1v) is 8.21. The van der Waals surface area contributed by atoms with Crippen molar-refractivity contribution in [2.24, 2.45) is 0 Å². The molecule has 1 aromatic heterocycles. The highest BCUT2D eigenvalue weighted by molar-refractivity contribution is 5.94. The fraction of sp³-hybridized carbons (Fsp3) is 0.190. The lowest BCUT2D eigenvalue weighted by molar-refractivity contribution is 0.0784. The summed E-state index contributed by atoms with van der Waals surface area (Å²) in [6.45, 7) is 2.54. The number of carbonyl (C=O) groups excluding carboxylic acids is 1. The molecule has 0 saturated carbocycles. The maximum Gasteiger partial charge on any atom is 0.253 e. The summed E-state index contributed by atoms with van der Waals surface area (Å²) in [6.07, 6.45) is 3.96. The fourth-order valence-electron chi connectivity index (χ4n) is 2.86. The van der Waals surface area contributed by atoms with Crippen LogP contribution < -0.4 is 4.74 Å². The van der Waals surface area contributed by atoms with E-state index < -0.39 is 0 Å². The maximum atomic E-state index is 12.7. The van der Waals surface area contributed by atoms with Gasteiger partial charge in [0, 0.05) is 42.8 Å². The Morgan fingerprint density at radius 3 is 2.40 bits per heavy atom. The second-order valence-corrected chi connectivity index (χ2v) is 6.11. The Bertz CT molecular complexity index is 852. The van der Waals surface area contributed by atoms with Crippen molar-refractivity contribution < 1.29 is 9.53 Å². The zero-order chi connectivity index (χ0) is 17.8. The van der Waals surface area contributed by atoms with Gasteiger partial charge in [-0.2, -0.15) is 0 Å². The summed E-state index contributed by atoms with van der Waals surface area (Å²) in [6, 6.07) is 17.6. The van der Waals surface area contributed by atoms with Crippen LogP contribution >= 0.6 is 0 Å². The van der Waals surface area contributed by atoms with Gasteiger partial charge in [-0.05, 0) is 49.4 Å². The predicted molar refractivity (Wildman–Crippen MR) is 99.3 cm³/mol. The van der Waals surface area contributed by atoms with E-state index in [1.807, 2.05) is 79.5 Å². The second-order valence-electron chi connectivity index (χ2n) is 6.11. The molecule has 3 aromatic rings. The highest BCUT2D eigenvalue weighted by atomic mass is 16.5. The highest BCUT2D eigenvalue weighted by Gasteiger charge is 2.14. The summed E-state index contributed by atoms with van der Waals surface area (Å²) < 4.78 is 7.41. The molecule has 4 heteroatoms. The molecule has 1 heterocycles. The van der Waals surface area contributed by atoms with E-state index in [0.717, 1.165) is 22.6 Å². The quantitative estimate of drug-likeness (QED) is 0.705. The third-order valence-electron chi connectivity index (χ3n) is 4.21. The average molecular weight is 334 g/mol. The third-order valence-corrected chi connectivity index (χ3v) is 4.21. The Kier molecular flexibility index (Phi) is 4.89. The van der Waals surface area contributed by atoms with E-state index in [0.29, 0.717) is 12.1 Å². The molecule has 0 aliphatic carbocycles. The predicted octanol–water partition coefficient (Wildman–Crippen LogP) is 4.07. The molecule has 2 aromatic carbocycles. The molecule has 0 bridgehead atoms. The summed E-state index contributed by atoms with van der Waals surface area (Å²) in [5.41, 5.74) is 3.85. The highest BCUT2D eigenvalue weighted by Crippen LogP contribution is 2.22. The number of benzene rings is 2. The molecule has 25 heavy (non-hydrogen) atoms. The Labute approximate surface area is 148 Å². The number of nitrogens with zero attached hydrogens (tertiary/aromatic N) is 2. The zero-order valence-corrected chi connectivity index (χ0v) is 14.8. The number of aromatic nitrogens is 1. The number of hydrogen-bond donors (Lipinski definition) is 0. The van der Waals surface area contributed by atoms with E-state index in [9.17, 15) is 4.79 Å². The third kappa shape index (κ3) is 3.74. The van der Waals surface area contributed by atoms with E-state index in [4.69, 9.17) is 4.74 Å². The van der Waals surface area contributed by atoms with Crippen LogP contribution in [0.2, 0.25) is 0 Å². The summed E-state index contributed by atoms with van der Waals surface area (Å²) >= 11 is 0. The van der Waals surface area contributed by atoms with Crippen molar-refractivity contribution in [3.63, 3.8) is 0 Å². The van der Waals surface area contributed by atoms with Gasteiger partial charge in [-0.15, -0.1) is 0 Å². The standard InChI is InChI=1S/C21H22N2O2/c1-16-6-11-20(25-3)18(14-16)15-22(2)21(24)17-7-9-19(10-8-17)23-12-4-5-13-23/h4-14H,15H2,1-3H3. The number of hydrogen-bond acceptors (Lipinski definition) is 2. The van der Waals surface area contributed by atoms with Crippen LogP contribution in [0.5, 0.6) is 5.75 Å². The lowest BCUT2D eigenvalue weighted by Gasteiger charge is -2.19. The lowest BCUT2D eigenvalue weighted by Crippen LogP contribution is -2.26. The first-order valence-electron chi connectivity index (χ1n) is 8.21. The van der Waals surface area contributed by atoms with Gasteiger partial charge in [0.2, 0.25) is 0 Å². The van der Waals surface area contributed by atoms with Crippen LogP contribution in [-0.2, 0) is 6.54 Å². The molecule has 0 unspecified atom stereocenters. The number of ether oxygens (including phenoxy) is 1. The van der Waals surface area contributed by atoms with Gasteiger partial charge in [0.15, 0.2) is 0 Å². The van der Waals surface area contributed by atoms with Gasteiger partial charge in [-0.25, -0.2) is 0 Å². The Morgan fingerprint density at radius 2 is 1.76 bits per heavy atom. The molecule has 0 radical (unpaired) electrons. The zero-order valence-electron chi connectivity index (χ0n) is 14.8. The first kappa shape index (κ1) is 16.8. The molecular formula is C21H22N2O2. The Morgan fingerprint density at radius 1 is 1.08 bits per heavy atom. The number of amides is 1. The number of aryl methyl sites for hydroxylation is 1. The van der Waals surface area contributed by atoms with Crippen LogP contribution in [0.25, 0.3) is 5.69 Å². The van der Waals surface area contributed by atoms with E-state index in [-0.39, 0.29) is 5.91 Å². The van der Waals surface area contributed by atoms with Crippen molar-refractivity contribution >= 4 is 5.91 Å².